The Morgan fingerprint density at radius 2 is 2.38 bits per heavy atom. The summed E-state index contributed by atoms with van der Waals surface area (Å²) in [6, 6.07) is 0.527. The summed E-state index contributed by atoms with van der Waals surface area (Å²) >= 11 is 0. The lowest BCUT2D eigenvalue weighted by Gasteiger charge is -2.45. The Kier molecular flexibility index (Phi) is 1.85. The second-order valence-electron chi connectivity index (χ2n) is 4.69. The van der Waals surface area contributed by atoms with E-state index in [1.807, 2.05) is 6.92 Å². The minimum Gasteiger partial charge on any atom is -0.370 e. The average molecular weight is 183 g/mol. The van der Waals surface area contributed by atoms with Gasteiger partial charge in [0, 0.05) is 18.0 Å². The first-order valence-electron chi connectivity index (χ1n) is 4.81. The predicted molar refractivity (Wildman–Crippen MR) is 49.8 cm³/mol. The van der Waals surface area contributed by atoms with Gasteiger partial charge in [-0.25, -0.2) is 0 Å². The minimum atomic E-state index is -0.414. The van der Waals surface area contributed by atoms with Gasteiger partial charge in [0.1, 0.15) is 0 Å². The molecule has 3 aliphatic rings. The van der Waals surface area contributed by atoms with Gasteiger partial charge in [-0.2, -0.15) is 0 Å². The topological polar surface area (TPSA) is 81.1 Å². The molecule has 0 spiro atoms. The van der Waals surface area contributed by atoms with Crippen molar-refractivity contribution >= 4 is 5.91 Å². The van der Waals surface area contributed by atoms with E-state index in [9.17, 15) is 4.79 Å². The number of hydrogen-bond donors (Lipinski definition) is 3. The molecular weight excluding hydrogens is 166 g/mol. The highest BCUT2D eigenvalue weighted by Gasteiger charge is 2.53. The van der Waals surface area contributed by atoms with Crippen molar-refractivity contribution in [1.29, 1.82) is 0 Å². The smallest absolute Gasteiger partial charge is 0.219 e. The van der Waals surface area contributed by atoms with Gasteiger partial charge in [-0.1, -0.05) is 0 Å². The fourth-order valence-corrected chi connectivity index (χ4v) is 2.97. The quantitative estimate of drug-likeness (QED) is 0.535. The number of fused-ring (bicyclic) bond motifs is 1. The molecule has 13 heavy (non-hydrogen) atoms. The van der Waals surface area contributed by atoms with E-state index >= 15 is 0 Å². The molecule has 0 aromatic rings. The summed E-state index contributed by atoms with van der Waals surface area (Å²) in [5.41, 5.74) is 10.9. The van der Waals surface area contributed by atoms with Crippen LogP contribution in [0.25, 0.3) is 0 Å². The number of rotatable bonds is 3. The van der Waals surface area contributed by atoms with Crippen molar-refractivity contribution in [3.63, 3.8) is 0 Å². The largest absolute Gasteiger partial charge is 0.370 e. The zero-order valence-electron chi connectivity index (χ0n) is 7.92. The zero-order chi connectivity index (χ0) is 9.64. The predicted octanol–water partition coefficient (Wildman–Crippen LogP) is -0.813. The number of carbonyl (C=O) groups excluding carboxylic acids is 1. The number of nitrogens with two attached hydrogens (primary N) is 2. The molecule has 0 aromatic carbocycles. The molecule has 3 fully saturated rings. The van der Waals surface area contributed by atoms with Gasteiger partial charge in [-0.05, 0) is 31.7 Å². The normalized spacial score (nSPS) is 40.9. The molecule has 3 rings (SSSR count). The Balaban J connectivity index is 2.03. The van der Waals surface area contributed by atoms with Gasteiger partial charge < -0.3 is 16.8 Å². The van der Waals surface area contributed by atoms with Crippen molar-refractivity contribution in [1.82, 2.24) is 5.32 Å². The van der Waals surface area contributed by atoms with E-state index < -0.39 is 5.54 Å². The van der Waals surface area contributed by atoms with E-state index in [4.69, 9.17) is 11.5 Å². The van der Waals surface area contributed by atoms with Crippen molar-refractivity contribution in [2.75, 3.05) is 6.54 Å². The van der Waals surface area contributed by atoms with Crippen molar-refractivity contribution < 1.29 is 4.79 Å². The molecule has 4 unspecified atom stereocenters. The summed E-state index contributed by atoms with van der Waals surface area (Å²) in [6.07, 6.45) is 1.52. The Morgan fingerprint density at radius 3 is 2.77 bits per heavy atom. The maximum absolute atomic E-state index is 10.8. The molecule has 0 aromatic heterocycles. The molecule has 1 saturated carbocycles. The van der Waals surface area contributed by atoms with E-state index in [1.54, 1.807) is 0 Å². The number of hydrogen-bond acceptors (Lipinski definition) is 3. The minimum absolute atomic E-state index is 0.295. The number of primary amides is 1. The monoisotopic (exact) mass is 183 g/mol. The van der Waals surface area contributed by atoms with E-state index in [0.717, 1.165) is 6.54 Å². The second-order valence-corrected chi connectivity index (χ2v) is 4.69. The maximum Gasteiger partial charge on any atom is 0.219 e. The molecule has 4 nitrogen and oxygen atoms in total. The van der Waals surface area contributed by atoms with Crippen LogP contribution in [0.1, 0.15) is 19.8 Å². The first-order valence-corrected chi connectivity index (χ1v) is 4.81. The SMILES string of the molecule is CC(N)(CC(N)=O)C1C2CNC1C2. The molecule has 1 aliphatic carbocycles. The zero-order valence-corrected chi connectivity index (χ0v) is 7.92. The highest BCUT2D eigenvalue weighted by atomic mass is 16.1. The van der Waals surface area contributed by atoms with Gasteiger partial charge in [0.05, 0.1) is 0 Å². The van der Waals surface area contributed by atoms with Gasteiger partial charge in [-0.3, -0.25) is 4.79 Å². The van der Waals surface area contributed by atoms with Crippen LogP contribution < -0.4 is 16.8 Å². The van der Waals surface area contributed by atoms with Gasteiger partial charge in [0.15, 0.2) is 0 Å². The van der Waals surface area contributed by atoms with Crippen LogP contribution in [-0.2, 0) is 4.79 Å². The fourth-order valence-electron chi connectivity index (χ4n) is 2.97. The van der Waals surface area contributed by atoms with Crippen LogP contribution in [0.15, 0.2) is 0 Å². The molecule has 2 saturated heterocycles. The molecule has 2 aliphatic heterocycles. The second kappa shape index (κ2) is 2.69. The Labute approximate surface area is 78.0 Å². The molecule has 74 valence electrons. The summed E-state index contributed by atoms with van der Waals surface area (Å²) in [7, 11) is 0. The molecular formula is C9H17N3O. The summed E-state index contributed by atoms with van der Waals surface area (Å²) in [5, 5.41) is 3.39. The van der Waals surface area contributed by atoms with Crippen LogP contribution in [0.5, 0.6) is 0 Å². The van der Waals surface area contributed by atoms with E-state index in [1.165, 1.54) is 6.42 Å². The van der Waals surface area contributed by atoms with Crippen LogP contribution in [-0.4, -0.2) is 24.0 Å². The maximum atomic E-state index is 10.8. The molecule has 4 heteroatoms. The van der Waals surface area contributed by atoms with Gasteiger partial charge >= 0.3 is 0 Å². The first kappa shape index (κ1) is 8.97. The fraction of sp³-hybridized carbons (Fsp3) is 0.889. The third kappa shape index (κ3) is 1.34. The molecule has 4 atom stereocenters. The third-order valence-electron chi connectivity index (χ3n) is 3.46. The molecule has 1 amide bonds. The summed E-state index contributed by atoms with van der Waals surface area (Å²) in [6.45, 7) is 3.00. The molecule has 0 radical (unpaired) electrons. The lowest BCUT2D eigenvalue weighted by molar-refractivity contribution is -0.120. The van der Waals surface area contributed by atoms with Crippen LogP contribution in [0, 0.1) is 11.8 Å². The lowest BCUT2D eigenvalue weighted by atomic mass is 9.63. The number of amides is 1. The Morgan fingerprint density at radius 1 is 1.69 bits per heavy atom. The van der Waals surface area contributed by atoms with E-state index in [-0.39, 0.29) is 5.91 Å². The highest BCUT2D eigenvalue weighted by molar-refractivity contribution is 5.75. The number of nitrogens with one attached hydrogen (secondary N) is 1. The average Bonchev–Trinajstić information content (AvgIpc) is 2.35. The van der Waals surface area contributed by atoms with Crippen LogP contribution in [0.3, 0.4) is 0 Å². The van der Waals surface area contributed by atoms with Gasteiger partial charge in [0.25, 0.3) is 0 Å². The van der Waals surface area contributed by atoms with Crippen molar-refractivity contribution in [3.8, 4) is 0 Å². The van der Waals surface area contributed by atoms with E-state index in [2.05, 4.69) is 5.32 Å². The van der Waals surface area contributed by atoms with Crippen molar-refractivity contribution in [2.24, 2.45) is 23.3 Å². The van der Waals surface area contributed by atoms with Crippen molar-refractivity contribution in [3.05, 3.63) is 0 Å². The Hall–Kier alpha value is -0.610. The highest BCUT2D eigenvalue weighted by Crippen LogP contribution is 2.46. The summed E-state index contributed by atoms with van der Waals surface area (Å²) in [5.74, 6) is 0.815. The Bertz CT molecular complexity index is 225. The van der Waals surface area contributed by atoms with Crippen molar-refractivity contribution in [2.45, 2.75) is 31.3 Å². The van der Waals surface area contributed by atoms with E-state index in [0.29, 0.717) is 24.3 Å². The molecule has 2 heterocycles. The lowest BCUT2D eigenvalue weighted by Crippen LogP contribution is -2.58. The van der Waals surface area contributed by atoms with Crippen LogP contribution in [0.2, 0.25) is 0 Å². The summed E-state index contributed by atoms with van der Waals surface area (Å²) in [4.78, 5) is 10.8. The van der Waals surface area contributed by atoms with Gasteiger partial charge in [-0.15, -0.1) is 0 Å². The van der Waals surface area contributed by atoms with Gasteiger partial charge in [0.2, 0.25) is 5.91 Å². The summed E-state index contributed by atoms with van der Waals surface area (Å²) < 4.78 is 0. The molecule has 2 bridgehead atoms. The standard InChI is InChI=1S/C9H17N3O/c1-9(11,3-7(10)13)8-5-2-6(8)12-4-5/h5-6,8,12H,2-4,11H2,1H3,(H2,10,13). The third-order valence-corrected chi connectivity index (χ3v) is 3.46. The number of carbonyl (C=O) groups is 1. The van der Waals surface area contributed by atoms with Crippen LogP contribution in [0.4, 0.5) is 0 Å². The molecule has 5 N–H and O–H groups in total. The first-order chi connectivity index (χ1) is 6.00. The van der Waals surface area contributed by atoms with Crippen LogP contribution >= 0.6 is 0 Å².